The van der Waals surface area contributed by atoms with Crippen molar-refractivity contribution in [1.82, 2.24) is 5.32 Å². The summed E-state index contributed by atoms with van der Waals surface area (Å²) >= 11 is 0. The second-order valence-electron chi connectivity index (χ2n) is 7.88. The number of benzene rings is 2. The normalized spacial score (nSPS) is 15.7. The van der Waals surface area contributed by atoms with Gasteiger partial charge in [-0.2, -0.15) is 0 Å². The molecule has 8 nitrogen and oxygen atoms in total. The lowest BCUT2D eigenvalue weighted by atomic mass is 9.87. The summed E-state index contributed by atoms with van der Waals surface area (Å²) < 4.78 is 25.8. The minimum atomic E-state index is -3.67. The van der Waals surface area contributed by atoms with Gasteiger partial charge in [0.1, 0.15) is 0 Å². The van der Waals surface area contributed by atoms with Crippen LogP contribution in [0.3, 0.4) is 0 Å². The van der Waals surface area contributed by atoms with Crippen LogP contribution in [0, 0.1) is 17.0 Å². The van der Waals surface area contributed by atoms with E-state index in [0.717, 1.165) is 35.4 Å². The largest absolute Gasteiger partial charge is 0.349 e. The number of nitro groups is 1. The van der Waals surface area contributed by atoms with Crippen LogP contribution in [-0.4, -0.2) is 32.0 Å². The molecule has 1 aliphatic rings. The predicted molar refractivity (Wildman–Crippen MR) is 120 cm³/mol. The molecule has 2 aromatic carbocycles. The number of amides is 1. The first-order chi connectivity index (χ1) is 14.7. The molecular formula is C22H27N3O5S. The minimum absolute atomic E-state index is 0.0255. The molecule has 0 saturated heterocycles. The summed E-state index contributed by atoms with van der Waals surface area (Å²) in [6.07, 6.45) is 4.42. The predicted octanol–water partition coefficient (Wildman–Crippen LogP) is 3.64. The molecule has 0 aliphatic heterocycles. The van der Waals surface area contributed by atoms with Crippen molar-refractivity contribution in [2.75, 3.05) is 17.1 Å². The second-order valence-corrected chi connectivity index (χ2v) is 9.78. The molecular weight excluding hydrogens is 418 g/mol. The van der Waals surface area contributed by atoms with Gasteiger partial charge >= 0.3 is 0 Å². The molecule has 31 heavy (non-hydrogen) atoms. The lowest BCUT2D eigenvalue weighted by molar-refractivity contribution is -0.384. The van der Waals surface area contributed by atoms with Crippen LogP contribution in [0.15, 0.2) is 42.5 Å². The van der Waals surface area contributed by atoms with E-state index in [1.807, 2.05) is 18.2 Å². The highest BCUT2D eigenvalue weighted by atomic mass is 32.2. The quantitative estimate of drug-likeness (QED) is 0.493. The zero-order valence-electron chi connectivity index (χ0n) is 17.7. The van der Waals surface area contributed by atoms with E-state index in [1.54, 1.807) is 6.92 Å². The van der Waals surface area contributed by atoms with Crippen LogP contribution in [-0.2, 0) is 21.2 Å². The number of fused-ring (bicyclic) bond motifs is 1. The van der Waals surface area contributed by atoms with Crippen molar-refractivity contribution in [3.8, 4) is 0 Å². The van der Waals surface area contributed by atoms with Gasteiger partial charge < -0.3 is 5.32 Å². The van der Waals surface area contributed by atoms with Crippen molar-refractivity contribution in [3.63, 3.8) is 0 Å². The smallest absolute Gasteiger partial charge is 0.271 e. The number of anilines is 1. The minimum Gasteiger partial charge on any atom is -0.349 e. The van der Waals surface area contributed by atoms with Crippen LogP contribution in [0.1, 0.15) is 48.4 Å². The summed E-state index contributed by atoms with van der Waals surface area (Å²) in [7, 11) is -3.67. The molecule has 2 aromatic rings. The van der Waals surface area contributed by atoms with Gasteiger partial charge in [0.05, 0.1) is 22.9 Å². The first kappa shape index (κ1) is 22.7. The topological polar surface area (TPSA) is 110 Å². The number of sulfonamides is 1. The van der Waals surface area contributed by atoms with Crippen molar-refractivity contribution in [3.05, 3.63) is 69.3 Å². The molecule has 0 unspecified atom stereocenters. The Kier molecular flexibility index (Phi) is 6.94. The fourth-order valence-electron chi connectivity index (χ4n) is 4.00. The van der Waals surface area contributed by atoms with Gasteiger partial charge in [0.25, 0.3) is 5.69 Å². The lowest BCUT2D eigenvalue weighted by Crippen LogP contribution is -2.34. The van der Waals surface area contributed by atoms with E-state index in [0.29, 0.717) is 12.0 Å². The molecule has 1 amide bonds. The first-order valence-electron chi connectivity index (χ1n) is 10.3. The van der Waals surface area contributed by atoms with Crippen LogP contribution in [0.5, 0.6) is 0 Å². The van der Waals surface area contributed by atoms with Crippen molar-refractivity contribution in [1.29, 1.82) is 0 Å². The van der Waals surface area contributed by atoms with Gasteiger partial charge in [-0.15, -0.1) is 0 Å². The molecule has 166 valence electrons. The van der Waals surface area contributed by atoms with Crippen LogP contribution < -0.4 is 9.62 Å². The number of rotatable bonds is 8. The van der Waals surface area contributed by atoms with E-state index in [4.69, 9.17) is 0 Å². The molecule has 1 N–H and O–H groups in total. The maximum Gasteiger partial charge on any atom is 0.271 e. The van der Waals surface area contributed by atoms with Crippen molar-refractivity contribution >= 4 is 27.3 Å². The average molecular weight is 446 g/mol. The third-order valence-electron chi connectivity index (χ3n) is 5.54. The number of carbonyl (C=O) groups is 1. The van der Waals surface area contributed by atoms with Gasteiger partial charge in [0.15, 0.2) is 0 Å². The van der Waals surface area contributed by atoms with Crippen LogP contribution in [0.4, 0.5) is 11.4 Å². The van der Waals surface area contributed by atoms with Crippen LogP contribution in [0.25, 0.3) is 0 Å². The molecule has 0 aromatic heterocycles. The molecule has 0 spiro atoms. The van der Waals surface area contributed by atoms with E-state index in [-0.39, 0.29) is 36.3 Å². The van der Waals surface area contributed by atoms with Gasteiger partial charge in [-0.05, 0) is 49.3 Å². The van der Waals surface area contributed by atoms with E-state index in [2.05, 4.69) is 11.4 Å². The fourth-order valence-corrected chi connectivity index (χ4v) is 5.01. The van der Waals surface area contributed by atoms with Crippen molar-refractivity contribution < 1.29 is 18.1 Å². The van der Waals surface area contributed by atoms with E-state index >= 15 is 0 Å². The van der Waals surface area contributed by atoms with E-state index in [9.17, 15) is 23.3 Å². The Labute approximate surface area is 182 Å². The fraction of sp³-hybridized carbons (Fsp3) is 0.409. The Morgan fingerprint density at radius 1 is 1.26 bits per heavy atom. The van der Waals surface area contributed by atoms with Gasteiger partial charge in [0, 0.05) is 25.1 Å². The van der Waals surface area contributed by atoms with Gasteiger partial charge in [-0.1, -0.05) is 30.3 Å². The summed E-state index contributed by atoms with van der Waals surface area (Å²) in [6, 6.07) is 12.2. The number of hydrogen-bond acceptors (Lipinski definition) is 5. The molecule has 0 saturated carbocycles. The number of non-ortho nitro benzene ring substituents is 1. The number of nitrogens with zero attached hydrogens (tertiary/aromatic N) is 2. The number of aryl methyl sites for hydroxylation is 2. The molecule has 1 aliphatic carbocycles. The highest BCUT2D eigenvalue weighted by molar-refractivity contribution is 7.92. The Bertz CT molecular complexity index is 1080. The highest BCUT2D eigenvalue weighted by Gasteiger charge is 2.24. The first-order valence-corrected chi connectivity index (χ1v) is 12.1. The summed E-state index contributed by atoms with van der Waals surface area (Å²) in [4.78, 5) is 23.1. The standard InChI is InChI=1S/C22H27N3O5S/c1-16-12-13-18(25(27)28)15-21(16)24(31(2,29)30)14-6-11-22(26)23-20-10-5-8-17-7-3-4-9-19(17)20/h3-4,7,9,12-13,15,20H,5-6,8,10-11,14H2,1-2H3,(H,23,26)/t20-/m0/s1. The Morgan fingerprint density at radius 2 is 2.00 bits per heavy atom. The summed E-state index contributed by atoms with van der Waals surface area (Å²) in [5.74, 6) is -0.133. The molecule has 0 radical (unpaired) electrons. The molecule has 3 rings (SSSR count). The monoisotopic (exact) mass is 445 g/mol. The van der Waals surface area contributed by atoms with E-state index < -0.39 is 14.9 Å². The summed E-state index contributed by atoms with van der Waals surface area (Å²) in [5, 5.41) is 14.2. The molecule has 0 fully saturated rings. The zero-order valence-corrected chi connectivity index (χ0v) is 18.5. The zero-order chi connectivity index (χ0) is 22.6. The SMILES string of the molecule is Cc1ccc([N+](=O)[O-])cc1N(CCCC(=O)N[C@H]1CCCc2ccccc21)S(C)(=O)=O. The van der Waals surface area contributed by atoms with Crippen molar-refractivity contribution in [2.24, 2.45) is 0 Å². The third-order valence-corrected chi connectivity index (χ3v) is 6.72. The number of nitrogens with one attached hydrogen (secondary N) is 1. The number of nitro benzene ring substituents is 1. The Balaban J connectivity index is 1.66. The van der Waals surface area contributed by atoms with Crippen LogP contribution in [0.2, 0.25) is 0 Å². The molecule has 9 heteroatoms. The Hall–Kier alpha value is -2.94. The van der Waals surface area contributed by atoms with Crippen molar-refractivity contribution in [2.45, 2.75) is 45.1 Å². The van der Waals surface area contributed by atoms with Gasteiger partial charge in [0.2, 0.25) is 15.9 Å². The van der Waals surface area contributed by atoms with Gasteiger partial charge in [-0.25, -0.2) is 8.42 Å². The number of carbonyl (C=O) groups excluding carboxylic acids is 1. The molecule has 0 bridgehead atoms. The summed E-state index contributed by atoms with van der Waals surface area (Å²) in [5.41, 5.74) is 3.09. The van der Waals surface area contributed by atoms with Gasteiger partial charge in [-0.3, -0.25) is 19.2 Å². The third kappa shape index (κ3) is 5.61. The molecule has 1 atom stereocenters. The number of hydrogen-bond donors (Lipinski definition) is 1. The van der Waals surface area contributed by atoms with Crippen LogP contribution >= 0.6 is 0 Å². The summed E-state index contributed by atoms with van der Waals surface area (Å²) in [6.45, 7) is 1.76. The second kappa shape index (κ2) is 9.47. The highest BCUT2D eigenvalue weighted by Crippen LogP contribution is 2.30. The average Bonchev–Trinajstić information content (AvgIpc) is 2.71. The Morgan fingerprint density at radius 3 is 2.71 bits per heavy atom. The maximum absolute atomic E-state index is 12.5. The maximum atomic E-state index is 12.5. The van der Waals surface area contributed by atoms with E-state index in [1.165, 1.54) is 23.8 Å². The lowest BCUT2D eigenvalue weighted by Gasteiger charge is -2.27. The molecule has 0 heterocycles.